The lowest BCUT2D eigenvalue weighted by atomic mass is 10.1. The van der Waals surface area contributed by atoms with Gasteiger partial charge in [-0.1, -0.05) is 20.4 Å². The molecule has 0 aliphatic heterocycles. The summed E-state index contributed by atoms with van der Waals surface area (Å²) in [6.07, 6.45) is 3.51. The third kappa shape index (κ3) is 1.25. The van der Waals surface area contributed by atoms with E-state index in [1.54, 1.807) is 10.6 Å². The van der Waals surface area contributed by atoms with Crippen LogP contribution in [0.3, 0.4) is 0 Å². The smallest absolute Gasteiger partial charge is 0.254 e. The van der Waals surface area contributed by atoms with Gasteiger partial charge in [-0.2, -0.15) is 0 Å². The lowest BCUT2D eigenvalue weighted by Gasteiger charge is -2.03. The van der Waals surface area contributed by atoms with Crippen LogP contribution in [-0.4, -0.2) is 9.38 Å². The van der Waals surface area contributed by atoms with Crippen LogP contribution in [-0.2, 0) is 0 Å². The fourth-order valence-electron chi connectivity index (χ4n) is 1.42. The summed E-state index contributed by atoms with van der Waals surface area (Å²) < 4.78 is 1.80. The highest BCUT2D eigenvalue weighted by atomic mass is 15.1. The average Bonchev–Trinajstić information content (AvgIpc) is 2.59. The van der Waals surface area contributed by atoms with Gasteiger partial charge in [0.15, 0.2) is 0 Å². The summed E-state index contributed by atoms with van der Waals surface area (Å²) >= 11 is 0. The molecule has 0 radical (unpaired) electrons. The standard InChI is InChI=1S/C11H11N3/c1-8(2)9-4-5-14-10(6-9)13-7-11(14)12-3/h4-8H,1-2H3. The summed E-state index contributed by atoms with van der Waals surface area (Å²) in [5.74, 6) is 1.06. The van der Waals surface area contributed by atoms with Gasteiger partial charge >= 0.3 is 0 Å². The Morgan fingerprint density at radius 2 is 2.29 bits per heavy atom. The van der Waals surface area contributed by atoms with Crippen molar-refractivity contribution in [3.63, 3.8) is 0 Å². The van der Waals surface area contributed by atoms with E-state index >= 15 is 0 Å². The molecule has 3 nitrogen and oxygen atoms in total. The van der Waals surface area contributed by atoms with E-state index in [9.17, 15) is 0 Å². The highest BCUT2D eigenvalue weighted by molar-refractivity contribution is 5.52. The predicted octanol–water partition coefficient (Wildman–Crippen LogP) is 3.01. The molecule has 0 aromatic carbocycles. The zero-order valence-electron chi connectivity index (χ0n) is 8.23. The van der Waals surface area contributed by atoms with Gasteiger partial charge in [0.1, 0.15) is 0 Å². The maximum absolute atomic E-state index is 6.94. The first kappa shape index (κ1) is 8.76. The molecule has 3 heteroatoms. The van der Waals surface area contributed by atoms with Crippen LogP contribution in [0, 0.1) is 6.57 Å². The van der Waals surface area contributed by atoms with Gasteiger partial charge in [0.25, 0.3) is 5.82 Å². The zero-order valence-corrected chi connectivity index (χ0v) is 8.23. The number of fused-ring (bicyclic) bond motifs is 1. The van der Waals surface area contributed by atoms with Crippen LogP contribution in [0.15, 0.2) is 24.5 Å². The van der Waals surface area contributed by atoms with Crippen LogP contribution in [0.5, 0.6) is 0 Å². The Morgan fingerprint density at radius 3 is 2.93 bits per heavy atom. The van der Waals surface area contributed by atoms with Gasteiger partial charge in [-0.05, 0) is 17.5 Å². The van der Waals surface area contributed by atoms with Gasteiger partial charge in [-0.3, -0.25) is 0 Å². The highest BCUT2D eigenvalue weighted by Gasteiger charge is 2.06. The molecule has 0 spiro atoms. The maximum Gasteiger partial charge on any atom is 0.254 e. The molecule has 0 saturated carbocycles. The van der Waals surface area contributed by atoms with E-state index in [-0.39, 0.29) is 0 Å². The van der Waals surface area contributed by atoms with Gasteiger partial charge in [0.05, 0.1) is 12.4 Å². The lowest BCUT2D eigenvalue weighted by Crippen LogP contribution is -1.90. The van der Waals surface area contributed by atoms with Crippen molar-refractivity contribution in [3.05, 3.63) is 41.5 Å². The first-order valence-corrected chi connectivity index (χ1v) is 4.57. The van der Waals surface area contributed by atoms with E-state index < -0.39 is 0 Å². The number of imidazole rings is 1. The normalized spacial score (nSPS) is 10.7. The van der Waals surface area contributed by atoms with Gasteiger partial charge in [0, 0.05) is 6.07 Å². The van der Waals surface area contributed by atoms with Crippen LogP contribution in [0.25, 0.3) is 10.5 Å². The molecule has 0 atom stereocenters. The monoisotopic (exact) mass is 185 g/mol. The van der Waals surface area contributed by atoms with Gasteiger partial charge in [-0.15, -0.1) is 0 Å². The fraction of sp³-hybridized carbons (Fsp3) is 0.273. The summed E-state index contributed by atoms with van der Waals surface area (Å²) in [6, 6.07) is 4.06. The summed E-state index contributed by atoms with van der Waals surface area (Å²) in [6.45, 7) is 11.2. The van der Waals surface area contributed by atoms with Crippen LogP contribution >= 0.6 is 0 Å². The van der Waals surface area contributed by atoms with Crippen LogP contribution < -0.4 is 0 Å². The number of hydrogen-bond acceptors (Lipinski definition) is 1. The molecule has 0 aliphatic rings. The quantitative estimate of drug-likeness (QED) is 0.626. The molecular weight excluding hydrogens is 174 g/mol. The van der Waals surface area contributed by atoms with Crippen molar-refractivity contribution in [3.8, 4) is 0 Å². The second-order valence-electron chi connectivity index (χ2n) is 3.57. The number of pyridine rings is 1. The van der Waals surface area contributed by atoms with E-state index in [0.717, 1.165) is 5.65 Å². The third-order valence-electron chi connectivity index (χ3n) is 2.30. The molecule has 2 aromatic rings. The van der Waals surface area contributed by atoms with Crippen molar-refractivity contribution in [2.45, 2.75) is 19.8 Å². The fourth-order valence-corrected chi connectivity index (χ4v) is 1.42. The molecule has 2 heterocycles. The van der Waals surface area contributed by atoms with Crippen molar-refractivity contribution in [1.82, 2.24) is 9.38 Å². The first-order valence-electron chi connectivity index (χ1n) is 4.57. The molecule has 14 heavy (non-hydrogen) atoms. The molecule has 0 N–H and O–H groups in total. The van der Waals surface area contributed by atoms with E-state index in [1.807, 2.05) is 18.3 Å². The maximum atomic E-state index is 6.94. The van der Waals surface area contributed by atoms with Gasteiger partial charge in [0.2, 0.25) is 5.65 Å². The summed E-state index contributed by atoms with van der Waals surface area (Å²) in [7, 11) is 0. The van der Waals surface area contributed by atoms with Crippen LogP contribution in [0.4, 0.5) is 5.82 Å². The summed E-state index contributed by atoms with van der Waals surface area (Å²) in [5.41, 5.74) is 2.10. The van der Waals surface area contributed by atoms with Gasteiger partial charge < -0.3 is 4.85 Å². The minimum Gasteiger partial charge on any atom is -0.362 e. The largest absolute Gasteiger partial charge is 0.362 e. The Morgan fingerprint density at radius 1 is 1.50 bits per heavy atom. The van der Waals surface area contributed by atoms with Crippen LogP contribution in [0.1, 0.15) is 25.3 Å². The van der Waals surface area contributed by atoms with E-state index in [1.165, 1.54) is 5.56 Å². The lowest BCUT2D eigenvalue weighted by molar-refractivity contribution is 0.863. The Balaban J connectivity index is 2.64. The SMILES string of the molecule is [C-]#[N+]c1cnc2cc(C(C)C)ccn12. The molecular formula is C11H11N3. The minimum atomic E-state index is 0.494. The molecule has 70 valence electrons. The molecule has 0 unspecified atom stereocenters. The Hall–Kier alpha value is -1.82. The molecule has 0 aliphatic carbocycles. The second kappa shape index (κ2) is 3.15. The van der Waals surface area contributed by atoms with E-state index in [2.05, 4.69) is 23.7 Å². The van der Waals surface area contributed by atoms with Crippen molar-refractivity contribution in [2.75, 3.05) is 0 Å². The number of rotatable bonds is 1. The molecule has 2 rings (SSSR count). The number of hydrogen-bond donors (Lipinski definition) is 0. The van der Waals surface area contributed by atoms with Crippen molar-refractivity contribution >= 4 is 11.5 Å². The Bertz CT molecular complexity index is 503. The number of aromatic nitrogens is 2. The minimum absolute atomic E-state index is 0.494. The van der Waals surface area contributed by atoms with Crippen molar-refractivity contribution in [1.29, 1.82) is 0 Å². The first-order chi connectivity index (χ1) is 6.72. The average molecular weight is 185 g/mol. The Kier molecular flexibility index (Phi) is 1.97. The molecule has 0 fully saturated rings. The van der Waals surface area contributed by atoms with Crippen molar-refractivity contribution < 1.29 is 0 Å². The van der Waals surface area contributed by atoms with Gasteiger partial charge in [-0.25, -0.2) is 9.38 Å². The van der Waals surface area contributed by atoms with Crippen molar-refractivity contribution in [2.24, 2.45) is 0 Å². The van der Waals surface area contributed by atoms with Crippen LogP contribution in [0.2, 0.25) is 0 Å². The highest BCUT2D eigenvalue weighted by Crippen LogP contribution is 2.19. The Labute approximate surface area is 82.8 Å². The molecule has 0 bridgehead atoms. The predicted molar refractivity (Wildman–Crippen MR) is 55.5 cm³/mol. The summed E-state index contributed by atoms with van der Waals surface area (Å²) in [5, 5.41) is 0. The molecule has 0 amide bonds. The van der Waals surface area contributed by atoms with E-state index in [0.29, 0.717) is 11.7 Å². The second-order valence-corrected chi connectivity index (χ2v) is 3.57. The number of nitrogens with zero attached hydrogens (tertiary/aromatic N) is 3. The summed E-state index contributed by atoms with van der Waals surface area (Å²) in [4.78, 5) is 7.57. The molecule has 2 aromatic heterocycles. The van der Waals surface area contributed by atoms with E-state index in [4.69, 9.17) is 6.57 Å². The third-order valence-corrected chi connectivity index (χ3v) is 2.30. The zero-order chi connectivity index (χ0) is 10.1. The topological polar surface area (TPSA) is 21.7 Å². The molecule has 0 saturated heterocycles.